The van der Waals surface area contributed by atoms with Gasteiger partial charge < -0.3 is 5.32 Å². The van der Waals surface area contributed by atoms with Crippen molar-refractivity contribution in [1.82, 2.24) is 5.32 Å². The van der Waals surface area contributed by atoms with E-state index in [0.29, 0.717) is 12.0 Å². The molecule has 18 heavy (non-hydrogen) atoms. The first-order valence-electron chi connectivity index (χ1n) is 7.19. The van der Waals surface area contributed by atoms with Gasteiger partial charge in [0.15, 0.2) is 0 Å². The predicted octanol–water partition coefficient (Wildman–Crippen LogP) is 4.27. The van der Waals surface area contributed by atoms with Crippen LogP contribution in [0.2, 0.25) is 0 Å². The molecule has 0 aromatic heterocycles. The molecule has 1 aromatic rings. The molecule has 2 rings (SSSR count). The van der Waals surface area contributed by atoms with Crippen LogP contribution in [0.3, 0.4) is 0 Å². The molecule has 1 fully saturated rings. The molecular weight excluding hydrogens is 218 g/mol. The van der Waals surface area contributed by atoms with Gasteiger partial charge in [-0.05, 0) is 38.2 Å². The third-order valence-electron chi connectivity index (χ3n) is 3.88. The monoisotopic (exact) mass is 243 g/mol. The van der Waals surface area contributed by atoms with Crippen molar-refractivity contribution in [1.29, 1.82) is 0 Å². The lowest BCUT2D eigenvalue weighted by Gasteiger charge is -2.32. The van der Waals surface area contributed by atoms with E-state index in [1.165, 1.54) is 36.8 Å². The maximum absolute atomic E-state index is 3.73. The maximum atomic E-state index is 3.73. The van der Waals surface area contributed by atoms with Crippen LogP contribution in [0, 0.1) is 0 Å². The van der Waals surface area contributed by atoms with Crippen LogP contribution in [0.5, 0.6) is 0 Å². The van der Waals surface area contributed by atoms with Gasteiger partial charge in [-0.1, -0.05) is 54.8 Å². The topological polar surface area (TPSA) is 12.0 Å². The molecule has 0 saturated heterocycles. The van der Waals surface area contributed by atoms with E-state index in [-0.39, 0.29) is 0 Å². The van der Waals surface area contributed by atoms with Gasteiger partial charge in [-0.3, -0.25) is 0 Å². The van der Waals surface area contributed by atoms with Gasteiger partial charge in [-0.2, -0.15) is 0 Å². The van der Waals surface area contributed by atoms with Crippen LogP contribution in [0.25, 0.3) is 0 Å². The van der Waals surface area contributed by atoms with Crippen LogP contribution in [-0.4, -0.2) is 12.6 Å². The second-order valence-electron chi connectivity index (χ2n) is 5.60. The van der Waals surface area contributed by atoms with Crippen LogP contribution in [0.1, 0.15) is 51.0 Å². The number of allylic oxidation sites excluding steroid dienone is 1. The molecule has 1 aliphatic rings. The fourth-order valence-corrected chi connectivity index (χ4v) is 2.89. The van der Waals surface area contributed by atoms with E-state index >= 15 is 0 Å². The SMILES string of the molecule is CC(C)=CCNC1CCCCC1c1ccccc1. The highest BCUT2D eigenvalue weighted by Crippen LogP contribution is 2.32. The van der Waals surface area contributed by atoms with Crippen LogP contribution >= 0.6 is 0 Å². The standard InChI is InChI=1S/C17H25N/c1-14(2)12-13-18-17-11-7-6-10-16(17)15-8-4-3-5-9-15/h3-5,8-9,12,16-18H,6-7,10-11,13H2,1-2H3. The first kappa shape index (κ1) is 13.4. The largest absolute Gasteiger partial charge is 0.310 e. The summed E-state index contributed by atoms with van der Waals surface area (Å²) in [5, 5.41) is 3.73. The Bertz CT molecular complexity index is 376. The Morgan fingerprint density at radius 2 is 1.89 bits per heavy atom. The Morgan fingerprint density at radius 1 is 1.17 bits per heavy atom. The van der Waals surface area contributed by atoms with Crippen molar-refractivity contribution in [3.63, 3.8) is 0 Å². The van der Waals surface area contributed by atoms with Gasteiger partial charge in [-0.25, -0.2) is 0 Å². The number of rotatable bonds is 4. The summed E-state index contributed by atoms with van der Waals surface area (Å²) in [5.41, 5.74) is 2.90. The first-order chi connectivity index (χ1) is 8.77. The van der Waals surface area contributed by atoms with Crippen molar-refractivity contribution >= 4 is 0 Å². The van der Waals surface area contributed by atoms with Crippen molar-refractivity contribution in [2.75, 3.05) is 6.54 Å². The van der Waals surface area contributed by atoms with E-state index in [1.807, 2.05) is 0 Å². The molecule has 1 saturated carbocycles. The number of hydrogen-bond acceptors (Lipinski definition) is 1. The molecule has 1 aliphatic carbocycles. The highest BCUT2D eigenvalue weighted by Gasteiger charge is 2.25. The quantitative estimate of drug-likeness (QED) is 0.779. The highest BCUT2D eigenvalue weighted by atomic mass is 14.9. The summed E-state index contributed by atoms with van der Waals surface area (Å²) in [6.07, 6.45) is 7.68. The van der Waals surface area contributed by atoms with Crippen LogP contribution in [0.4, 0.5) is 0 Å². The van der Waals surface area contributed by atoms with Gasteiger partial charge in [0.25, 0.3) is 0 Å². The van der Waals surface area contributed by atoms with E-state index in [1.54, 1.807) is 0 Å². The molecule has 0 amide bonds. The number of benzene rings is 1. The van der Waals surface area contributed by atoms with Crippen LogP contribution < -0.4 is 5.32 Å². The van der Waals surface area contributed by atoms with E-state index in [2.05, 4.69) is 55.6 Å². The second kappa shape index (κ2) is 6.75. The Hall–Kier alpha value is -1.08. The lowest BCUT2D eigenvalue weighted by molar-refractivity contribution is 0.336. The second-order valence-corrected chi connectivity index (χ2v) is 5.60. The molecule has 1 aromatic carbocycles. The fourth-order valence-electron chi connectivity index (χ4n) is 2.89. The molecule has 1 heteroatoms. The van der Waals surface area contributed by atoms with Gasteiger partial charge in [0, 0.05) is 12.6 Å². The lowest BCUT2D eigenvalue weighted by atomic mass is 9.80. The molecule has 1 N–H and O–H groups in total. The van der Waals surface area contributed by atoms with Crippen molar-refractivity contribution in [3.05, 3.63) is 47.5 Å². The van der Waals surface area contributed by atoms with Gasteiger partial charge in [0.1, 0.15) is 0 Å². The molecule has 1 nitrogen and oxygen atoms in total. The summed E-state index contributed by atoms with van der Waals surface area (Å²) in [4.78, 5) is 0. The van der Waals surface area contributed by atoms with Crippen molar-refractivity contribution in [3.8, 4) is 0 Å². The summed E-state index contributed by atoms with van der Waals surface area (Å²) in [6.45, 7) is 5.34. The van der Waals surface area contributed by atoms with Crippen molar-refractivity contribution in [2.45, 2.75) is 51.5 Å². The number of nitrogens with one attached hydrogen (secondary N) is 1. The molecule has 98 valence electrons. The Morgan fingerprint density at radius 3 is 2.61 bits per heavy atom. The normalized spacial score (nSPS) is 23.7. The Labute approximate surface area is 111 Å². The average molecular weight is 243 g/mol. The van der Waals surface area contributed by atoms with E-state index in [4.69, 9.17) is 0 Å². The minimum absolute atomic E-state index is 0.650. The molecular formula is C17H25N. The van der Waals surface area contributed by atoms with Gasteiger partial charge in [0.05, 0.1) is 0 Å². The van der Waals surface area contributed by atoms with E-state index < -0.39 is 0 Å². The third kappa shape index (κ3) is 3.71. The van der Waals surface area contributed by atoms with Gasteiger partial charge >= 0.3 is 0 Å². The summed E-state index contributed by atoms with van der Waals surface area (Å²) in [6, 6.07) is 11.7. The lowest BCUT2D eigenvalue weighted by Crippen LogP contribution is -2.37. The highest BCUT2D eigenvalue weighted by molar-refractivity contribution is 5.22. The van der Waals surface area contributed by atoms with Crippen molar-refractivity contribution in [2.24, 2.45) is 0 Å². The summed E-state index contributed by atoms with van der Waals surface area (Å²) < 4.78 is 0. The van der Waals surface area contributed by atoms with E-state index in [0.717, 1.165) is 6.54 Å². The molecule has 2 atom stereocenters. The van der Waals surface area contributed by atoms with Gasteiger partial charge in [-0.15, -0.1) is 0 Å². The summed E-state index contributed by atoms with van der Waals surface area (Å²) in [5.74, 6) is 0.700. The molecule has 0 bridgehead atoms. The van der Waals surface area contributed by atoms with E-state index in [9.17, 15) is 0 Å². The zero-order chi connectivity index (χ0) is 12.8. The third-order valence-corrected chi connectivity index (χ3v) is 3.88. The van der Waals surface area contributed by atoms with Gasteiger partial charge in [0.2, 0.25) is 0 Å². The molecule has 2 unspecified atom stereocenters. The zero-order valence-corrected chi connectivity index (χ0v) is 11.7. The smallest absolute Gasteiger partial charge is 0.0140 e. The average Bonchev–Trinajstić information content (AvgIpc) is 2.40. The first-order valence-corrected chi connectivity index (χ1v) is 7.19. The summed E-state index contributed by atoms with van der Waals surface area (Å²) in [7, 11) is 0. The molecule has 0 aliphatic heterocycles. The zero-order valence-electron chi connectivity index (χ0n) is 11.7. The van der Waals surface area contributed by atoms with Crippen LogP contribution in [-0.2, 0) is 0 Å². The molecule has 0 spiro atoms. The Kier molecular flexibility index (Phi) is 5.00. The number of hydrogen-bond donors (Lipinski definition) is 1. The van der Waals surface area contributed by atoms with Crippen LogP contribution in [0.15, 0.2) is 42.0 Å². The summed E-state index contributed by atoms with van der Waals surface area (Å²) >= 11 is 0. The minimum atomic E-state index is 0.650. The Balaban J connectivity index is 2.00. The minimum Gasteiger partial charge on any atom is -0.310 e. The molecule has 0 heterocycles. The maximum Gasteiger partial charge on any atom is 0.0140 e. The predicted molar refractivity (Wildman–Crippen MR) is 78.9 cm³/mol. The van der Waals surface area contributed by atoms with Crippen molar-refractivity contribution < 1.29 is 0 Å². The fraction of sp³-hybridized carbons (Fsp3) is 0.529. The molecule has 0 radical (unpaired) electrons.